The fourth-order valence-corrected chi connectivity index (χ4v) is 3.48. The molecule has 0 spiro atoms. The van der Waals surface area contributed by atoms with E-state index in [0.717, 1.165) is 5.56 Å². The first-order valence-corrected chi connectivity index (χ1v) is 9.08. The van der Waals surface area contributed by atoms with Crippen LogP contribution < -0.4 is 14.2 Å². The SMILES string of the molecule is C#CC(Cc1cccc(OC)c1)OS(=O)(=O)c1ccc(OC)cc1OC. The molecule has 0 saturated carbocycles. The van der Waals surface area contributed by atoms with Crippen molar-refractivity contribution < 1.29 is 26.8 Å². The highest BCUT2D eigenvalue weighted by Crippen LogP contribution is 2.30. The van der Waals surface area contributed by atoms with E-state index in [4.69, 9.17) is 24.8 Å². The fourth-order valence-electron chi connectivity index (χ4n) is 2.32. The number of terminal acetylenes is 1. The van der Waals surface area contributed by atoms with Crippen LogP contribution in [0, 0.1) is 12.3 Å². The molecule has 0 aromatic heterocycles. The van der Waals surface area contributed by atoms with Crippen LogP contribution in [0.25, 0.3) is 0 Å². The lowest BCUT2D eigenvalue weighted by atomic mass is 10.1. The van der Waals surface area contributed by atoms with Gasteiger partial charge in [-0.1, -0.05) is 18.1 Å². The van der Waals surface area contributed by atoms with Crippen molar-refractivity contribution in [3.8, 4) is 29.6 Å². The zero-order valence-corrected chi connectivity index (χ0v) is 15.6. The third kappa shape index (κ3) is 4.69. The van der Waals surface area contributed by atoms with Gasteiger partial charge in [-0.2, -0.15) is 8.42 Å². The summed E-state index contributed by atoms with van der Waals surface area (Å²) in [6, 6.07) is 11.5. The van der Waals surface area contributed by atoms with Gasteiger partial charge in [0.25, 0.3) is 0 Å². The van der Waals surface area contributed by atoms with Crippen LogP contribution in [0.2, 0.25) is 0 Å². The quantitative estimate of drug-likeness (QED) is 0.521. The summed E-state index contributed by atoms with van der Waals surface area (Å²) < 4.78 is 45.9. The Hall–Kier alpha value is -2.69. The second-order valence-corrected chi connectivity index (χ2v) is 6.82. The summed E-state index contributed by atoms with van der Waals surface area (Å²) in [4.78, 5) is -0.119. The Morgan fingerprint density at radius 1 is 1.00 bits per heavy atom. The van der Waals surface area contributed by atoms with Crippen LogP contribution in [-0.4, -0.2) is 35.9 Å². The molecule has 2 rings (SSSR count). The molecule has 6 nitrogen and oxygen atoms in total. The summed E-state index contributed by atoms with van der Waals surface area (Å²) in [7, 11) is 0.259. The first-order chi connectivity index (χ1) is 12.4. The maximum absolute atomic E-state index is 12.6. The number of methoxy groups -OCH3 is 3. The van der Waals surface area contributed by atoms with Gasteiger partial charge in [0.05, 0.1) is 21.3 Å². The van der Waals surface area contributed by atoms with Crippen molar-refractivity contribution >= 4 is 10.1 Å². The van der Waals surface area contributed by atoms with Gasteiger partial charge >= 0.3 is 10.1 Å². The highest BCUT2D eigenvalue weighted by molar-refractivity contribution is 7.86. The molecule has 26 heavy (non-hydrogen) atoms. The summed E-state index contributed by atoms with van der Waals surface area (Å²) in [5, 5.41) is 0. The van der Waals surface area contributed by atoms with Crippen molar-refractivity contribution in [2.75, 3.05) is 21.3 Å². The maximum Gasteiger partial charge on any atom is 0.301 e. The fraction of sp³-hybridized carbons (Fsp3) is 0.263. The Kier molecular flexibility index (Phi) is 6.50. The monoisotopic (exact) mass is 376 g/mol. The lowest BCUT2D eigenvalue weighted by Crippen LogP contribution is -2.20. The van der Waals surface area contributed by atoms with Crippen LogP contribution in [0.1, 0.15) is 5.56 Å². The zero-order valence-electron chi connectivity index (χ0n) is 14.8. The van der Waals surface area contributed by atoms with Gasteiger partial charge in [-0.3, -0.25) is 0 Å². The predicted octanol–water partition coefficient (Wildman–Crippen LogP) is 2.66. The molecule has 2 aromatic carbocycles. The normalized spacial score (nSPS) is 12.1. The molecule has 0 radical (unpaired) electrons. The molecular formula is C19H20O6S. The number of rotatable bonds is 8. The van der Waals surface area contributed by atoms with Crippen molar-refractivity contribution in [3.63, 3.8) is 0 Å². The van der Waals surface area contributed by atoms with E-state index in [1.165, 1.54) is 32.4 Å². The van der Waals surface area contributed by atoms with Gasteiger partial charge in [-0.15, -0.1) is 6.42 Å². The third-order valence-electron chi connectivity index (χ3n) is 3.62. The van der Waals surface area contributed by atoms with E-state index in [9.17, 15) is 8.42 Å². The minimum absolute atomic E-state index is 0.113. The Bertz CT molecular complexity index is 898. The largest absolute Gasteiger partial charge is 0.497 e. The average molecular weight is 376 g/mol. The molecule has 138 valence electrons. The molecule has 1 atom stereocenters. The zero-order chi connectivity index (χ0) is 19.2. The standard InChI is InChI=1S/C19H20O6S/c1-5-15(11-14-7-6-8-16(12-14)22-2)25-26(20,21)19-10-9-17(23-3)13-18(19)24-4/h1,6-10,12-13,15H,11H2,2-4H3. The van der Waals surface area contributed by atoms with E-state index < -0.39 is 16.2 Å². The highest BCUT2D eigenvalue weighted by Gasteiger charge is 2.25. The van der Waals surface area contributed by atoms with Crippen LogP contribution >= 0.6 is 0 Å². The van der Waals surface area contributed by atoms with E-state index in [2.05, 4.69) is 5.92 Å². The second kappa shape index (κ2) is 8.61. The van der Waals surface area contributed by atoms with Crippen molar-refractivity contribution in [2.45, 2.75) is 17.4 Å². The van der Waals surface area contributed by atoms with Gasteiger partial charge in [0.1, 0.15) is 28.2 Å². The van der Waals surface area contributed by atoms with E-state index in [0.29, 0.717) is 11.5 Å². The maximum atomic E-state index is 12.6. The molecule has 1 unspecified atom stereocenters. The minimum atomic E-state index is -4.13. The molecule has 0 heterocycles. The molecule has 0 amide bonds. The molecule has 0 aliphatic carbocycles. The van der Waals surface area contributed by atoms with Crippen molar-refractivity contribution in [1.29, 1.82) is 0 Å². The topological polar surface area (TPSA) is 71.1 Å². The lowest BCUT2D eigenvalue weighted by Gasteiger charge is -2.15. The first-order valence-electron chi connectivity index (χ1n) is 7.68. The number of hydrogen-bond donors (Lipinski definition) is 0. The van der Waals surface area contributed by atoms with Gasteiger partial charge in [0.15, 0.2) is 0 Å². The van der Waals surface area contributed by atoms with Gasteiger partial charge in [-0.25, -0.2) is 4.18 Å². The molecule has 0 saturated heterocycles. The Morgan fingerprint density at radius 2 is 1.69 bits per heavy atom. The average Bonchev–Trinajstić information content (AvgIpc) is 2.66. The summed E-state index contributed by atoms with van der Waals surface area (Å²) >= 11 is 0. The van der Waals surface area contributed by atoms with Crippen LogP contribution in [0.15, 0.2) is 47.4 Å². The highest BCUT2D eigenvalue weighted by atomic mass is 32.2. The molecule has 0 aliphatic rings. The van der Waals surface area contributed by atoms with E-state index in [-0.39, 0.29) is 17.1 Å². The molecule has 0 fully saturated rings. The van der Waals surface area contributed by atoms with E-state index in [1.807, 2.05) is 6.07 Å². The Balaban J connectivity index is 2.25. The lowest BCUT2D eigenvalue weighted by molar-refractivity contribution is 0.262. The third-order valence-corrected chi connectivity index (χ3v) is 4.99. The summed E-state index contributed by atoms with van der Waals surface area (Å²) in [6.07, 6.45) is 4.71. The van der Waals surface area contributed by atoms with Crippen LogP contribution in [-0.2, 0) is 20.7 Å². The number of ether oxygens (including phenoxy) is 3. The summed E-state index contributed by atoms with van der Waals surface area (Å²) in [5.41, 5.74) is 0.796. The first kappa shape index (κ1) is 19.6. The smallest absolute Gasteiger partial charge is 0.301 e. The summed E-state index contributed by atoms with van der Waals surface area (Å²) in [6.45, 7) is 0. The van der Waals surface area contributed by atoms with Crippen molar-refractivity contribution in [3.05, 3.63) is 48.0 Å². The van der Waals surface area contributed by atoms with E-state index >= 15 is 0 Å². The molecule has 7 heteroatoms. The Labute approximate surface area is 153 Å². The van der Waals surface area contributed by atoms with Gasteiger partial charge < -0.3 is 14.2 Å². The van der Waals surface area contributed by atoms with Gasteiger partial charge in [0.2, 0.25) is 0 Å². The van der Waals surface area contributed by atoms with Gasteiger partial charge in [-0.05, 0) is 29.8 Å². The Morgan fingerprint density at radius 3 is 2.31 bits per heavy atom. The predicted molar refractivity (Wildman–Crippen MR) is 97.1 cm³/mol. The summed E-state index contributed by atoms with van der Waals surface area (Å²) in [5.74, 6) is 3.59. The second-order valence-electron chi connectivity index (χ2n) is 5.28. The molecule has 0 N–H and O–H groups in total. The van der Waals surface area contributed by atoms with E-state index in [1.54, 1.807) is 25.3 Å². The van der Waals surface area contributed by atoms with Gasteiger partial charge in [0, 0.05) is 12.5 Å². The molecular weight excluding hydrogens is 356 g/mol. The molecule has 2 aromatic rings. The van der Waals surface area contributed by atoms with Crippen LogP contribution in [0.4, 0.5) is 0 Å². The van der Waals surface area contributed by atoms with Crippen molar-refractivity contribution in [2.24, 2.45) is 0 Å². The van der Waals surface area contributed by atoms with Crippen molar-refractivity contribution in [1.82, 2.24) is 0 Å². The molecule has 0 bridgehead atoms. The molecule has 0 aliphatic heterocycles. The minimum Gasteiger partial charge on any atom is -0.497 e. The van der Waals surface area contributed by atoms with Crippen LogP contribution in [0.5, 0.6) is 17.2 Å². The number of benzene rings is 2. The van der Waals surface area contributed by atoms with Crippen LogP contribution in [0.3, 0.4) is 0 Å². The number of hydrogen-bond acceptors (Lipinski definition) is 6.